The average Bonchev–Trinajstić information content (AvgIpc) is 2.84. The Morgan fingerprint density at radius 2 is 1.82 bits per heavy atom. The first-order chi connectivity index (χ1) is 16.1. The van der Waals surface area contributed by atoms with Crippen LogP contribution in [0.25, 0.3) is 0 Å². The maximum atomic E-state index is 6.12. The lowest BCUT2D eigenvalue weighted by Crippen LogP contribution is -2.38. The van der Waals surface area contributed by atoms with Crippen LogP contribution < -0.4 is 4.74 Å². The summed E-state index contributed by atoms with van der Waals surface area (Å²) in [4.78, 5) is 16.1. The summed E-state index contributed by atoms with van der Waals surface area (Å²) in [6.45, 7) is 5.84. The molecule has 1 aliphatic heterocycles. The molecule has 4 rings (SSSR count). The molecule has 1 fully saturated rings. The highest BCUT2D eigenvalue weighted by Gasteiger charge is 2.24. The van der Waals surface area contributed by atoms with Gasteiger partial charge < -0.3 is 14.2 Å². The lowest BCUT2D eigenvalue weighted by Gasteiger charge is -2.32. The maximum Gasteiger partial charge on any atom is 0.130 e. The van der Waals surface area contributed by atoms with Crippen LogP contribution in [0.1, 0.15) is 40.0 Å². The van der Waals surface area contributed by atoms with Crippen molar-refractivity contribution in [2.24, 2.45) is 0 Å². The molecule has 1 aromatic carbocycles. The van der Waals surface area contributed by atoms with Gasteiger partial charge in [0, 0.05) is 56.8 Å². The van der Waals surface area contributed by atoms with E-state index in [0.29, 0.717) is 13.2 Å². The first-order valence-corrected chi connectivity index (χ1v) is 11.4. The largest absolute Gasteiger partial charge is 0.497 e. The maximum absolute atomic E-state index is 6.12. The van der Waals surface area contributed by atoms with Gasteiger partial charge in [-0.05, 0) is 48.7 Å². The molecular weight excluding hydrogens is 416 g/mol. The van der Waals surface area contributed by atoms with Gasteiger partial charge in [0.15, 0.2) is 0 Å². The summed E-state index contributed by atoms with van der Waals surface area (Å²) in [5.74, 6) is 1.69. The number of hydrogen-bond acceptors (Lipinski definition) is 7. The number of benzene rings is 1. The van der Waals surface area contributed by atoms with Gasteiger partial charge in [-0.1, -0.05) is 12.1 Å². The van der Waals surface area contributed by atoms with Gasteiger partial charge in [-0.25, -0.2) is 9.97 Å². The lowest BCUT2D eigenvalue weighted by molar-refractivity contribution is -0.0351. The number of hydrogen-bond donors (Lipinski definition) is 0. The van der Waals surface area contributed by atoms with E-state index < -0.39 is 0 Å². The fraction of sp³-hybridized carbons (Fsp3) is 0.423. The minimum Gasteiger partial charge on any atom is -0.497 e. The monoisotopic (exact) mass is 448 g/mol. The van der Waals surface area contributed by atoms with E-state index in [4.69, 9.17) is 19.2 Å². The molecule has 0 spiro atoms. The van der Waals surface area contributed by atoms with Gasteiger partial charge in [-0.2, -0.15) is 0 Å². The molecule has 0 unspecified atom stereocenters. The number of aryl methyl sites for hydroxylation is 1. The summed E-state index contributed by atoms with van der Waals surface area (Å²) in [5.41, 5.74) is 5.59. The summed E-state index contributed by atoms with van der Waals surface area (Å²) >= 11 is 0. The van der Waals surface area contributed by atoms with Crippen LogP contribution in [-0.4, -0.2) is 60.4 Å². The summed E-state index contributed by atoms with van der Waals surface area (Å²) in [6.07, 6.45) is 5.37. The Hall–Kier alpha value is -2.87. The van der Waals surface area contributed by atoms with Crippen LogP contribution in [0.5, 0.6) is 5.75 Å². The molecule has 0 amide bonds. The quantitative estimate of drug-likeness (QED) is 0.496. The average molecular weight is 449 g/mol. The molecule has 0 saturated carbocycles. The Balaban J connectivity index is 1.40. The third-order valence-corrected chi connectivity index (χ3v) is 5.78. The van der Waals surface area contributed by atoms with Crippen molar-refractivity contribution in [1.82, 2.24) is 19.9 Å². The normalized spacial score (nSPS) is 16.6. The Bertz CT molecular complexity index is 1020. The Kier molecular flexibility index (Phi) is 7.99. The Morgan fingerprint density at radius 3 is 2.55 bits per heavy atom. The van der Waals surface area contributed by atoms with E-state index in [-0.39, 0.29) is 6.10 Å². The summed E-state index contributed by atoms with van der Waals surface area (Å²) < 4.78 is 16.5. The van der Waals surface area contributed by atoms with E-state index in [0.717, 1.165) is 61.0 Å². The minimum atomic E-state index is -0.0461. The van der Waals surface area contributed by atoms with Gasteiger partial charge in [-0.15, -0.1) is 0 Å². The van der Waals surface area contributed by atoms with E-state index >= 15 is 0 Å². The molecule has 1 aliphatic rings. The molecule has 0 aliphatic carbocycles. The van der Waals surface area contributed by atoms with Crippen molar-refractivity contribution in [3.63, 3.8) is 0 Å². The van der Waals surface area contributed by atoms with Crippen LogP contribution in [0.2, 0.25) is 0 Å². The van der Waals surface area contributed by atoms with Crippen LogP contribution in [0.4, 0.5) is 0 Å². The minimum absolute atomic E-state index is 0.0461. The number of morpholine rings is 1. The van der Waals surface area contributed by atoms with Gasteiger partial charge in [-0.3, -0.25) is 9.88 Å². The summed E-state index contributed by atoms with van der Waals surface area (Å²) in [5, 5.41) is 0. The van der Waals surface area contributed by atoms with Crippen LogP contribution in [0.3, 0.4) is 0 Å². The molecule has 3 aromatic rings. The number of pyridine rings is 1. The fourth-order valence-corrected chi connectivity index (χ4v) is 4.08. The zero-order valence-electron chi connectivity index (χ0n) is 19.7. The highest BCUT2D eigenvalue weighted by atomic mass is 16.5. The molecule has 33 heavy (non-hydrogen) atoms. The van der Waals surface area contributed by atoms with Gasteiger partial charge in [0.2, 0.25) is 0 Å². The summed E-state index contributed by atoms with van der Waals surface area (Å²) in [6, 6.07) is 12.5. The second-order valence-electron chi connectivity index (χ2n) is 8.41. The van der Waals surface area contributed by atoms with Crippen molar-refractivity contribution in [3.8, 4) is 5.75 Å². The van der Waals surface area contributed by atoms with Crippen LogP contribution in [0.15, 0.2) is 48.8 Å². The number of rotatable bonds is 9. The van der Waals surface area contributed by atoms with E-state index in [2.05, 4.69) is 39.1 Å². The van der Waals surface area contributed by atoms with Gasteiger partial charge in [0.05, 0.1) is 26.0 Å². The molecule has 174 valence electrons. The first-order valence-electron chi connectivity index (χ1n) is 11.4. The lowest BCUT2D eigenvalue weighted by atomic mass is 10.0. The highest BCUT2D eigenvalue weighted by Crippen LogP contribution is 2.24. The van der Waals surface area contributed by atoms with Crippen molar-refractivity contribution < 1.29 is 14.2 Å². The molecule has 7 nitrogen and oxygen atoms in total. The van der Waals surface area contributed by atoms with E-state index in [1.165, 1.54) is 11.1 Å². The Labute approximate surface area is 195 Å². The number of methoxy groups -OCH3 is 2. The zero-order valence-corrected chi connectivity index (χ0v) is 19.7. The topological polar surface area (TPSA) is 69.6 Å². The molecule has 0 N–H and O–H groups in total. The standard InChI is InChI=1S/C26H32N4O3/c1-19-12-21(13-20-4-6-23(32-3)7-5-20)14-24(29-19)25-18-30(9-11-33-25)17-22-15-27-26(28-16-22)8-10-31-2/h4-7,12,14-16,25H,8-11,13,17-18H2,1-3H3/t25-/m1/s1. The smallest absolute Gasteiger partial charge is 0.130 e. The Morgan fingerprint density at radius 1 is 1.03 bits per heavy atom. The number of nitrogens with zero attached hydrogens (tertiary/aromatic N) is 4. The van der Waals surface area contributed by atoms with Gasteiger partial charge >= 0.3 is 0 Å². The third kappa shape index (κ3) is 6.57. The number of ether oxygens (including phenoxy) is 3. The van der Waals surface area contributed by atoms with E-state index in [9.17, 15) is 0 Å². The molecule has 1 atom stereocenters. The second-order valence-corrected chi connectivity index (χ2v) is 8.41. The summed E-state index contributed by atoms with van der Waals surface area (Å²) in [7, 11) is 3.38. The van der Waals surface area contributed by atoms with Gasteiger partial charge in [0.1, 0.15) is 17.7 Å². The fourth-order valence-electron chi connectivity index (χ4n) is 4.08. The molecule has 3 heterocycles. The predicted octanol–water partition coefficient (Wildman–Crippen LogP) is 3.54. The molecule has 2 aromatic heterocycles. The van der Waals surface area contributed by atoms with Crippen molar-refractivity contribution in [1.29, 1.82) is 0 Å². The molecule has 0 bridgehead atoms. The third-order valence-electron chi connectivity index (χ3n) is 5.78. The molecule has 7 heteroatoms. The zero-order chi connectivity index (χ0) is 23.0. The van der Waals surface area contributed by atoms with E-state index in [1.54, 1.807) is 14.2 Å². The molecule has 0 radical (unpaired) electrons. The SMILES string of the molecule is COCCc1ncc(CN2CCO[C@@H](c3cc(Cc4ccc(OC)cc4)cc(C)n3)C2)cn1. The van der Waals surface area contributed by atoms with Crippen molar-refractivity contribution in [3.05, 3.63) is 82.7 Å². The van der Waals surface area contributed by atoms with Crippen molar-refractivity contribution in [2.45, 2.75) is 32.4 Å². The number of aromatic nitrogens is 3. The van der Waals surface area contributed by atoms with Crippen LogP contribution in [-0.2, 0) is 28.9 Å². The van der Waals surface area contributed by atoms with Gasteiger partial charge in [0.25, 0.3) is 0 Å². The van der Waals surface area contributed by atoms with Crippen molar-refractivity contribution in [2.75, 3.05) is 40.5 Å². The van der Waals surface area contributed by atoms with E-state index in [1.807, 2.05) is 31.5 Å². The highest BCUT2D eigenvalue weighted by molar-refractivity contribution is 5.33. The molecular formula is C26H32N4O3. The van der Waals surface area contributed by atoms with Crippen LogP contribution in [0, 0.1) is 6.92 Å². The van der Waals surface area contributed by atoms with Crippen molar-refractivity contribution >= 4 is 0 Å². The first kappa shape index (κ1) is 23.3. The second kappa shape index (κ2) is 11.3. The molecule has 1 saturated heterocycles. The van der Waals surface area contributed by atoms with Crippen LogP contribution >= 0.6 is 0 Å². The predicted molar refractivity (Wildman–Crippen MR) is 126 cm³/mol.